The van der Waals surface area contributed by atoms with Crippen molar-refractivity contribution in [3.05, 3.63) is 36.0 Å². The Morgan fingerprint density at radius 2 is 1.92 bits per heavy atom. The molecule has 0 spiro atoms. The maximum absolute atomic E-state index is 5.35. The third-order valence-electron chi connectivity index (χ3n) is 1.99. The molecule has 2 rings (SSSR count). The lowest BCUT2D eigenvalue weighted by Gasteiger charge is -1.94. The summed E-state index contributed by atoms with van der Waals surface area (Å²) in [5.41, 5.74) is 1.71. The smallest absolute Gasteiger partial charge is 0.105 e. The summed E-state index contributed by atoms with van der Waals surface area (Å²) in [6, 6.07) is 12.3. The molecule has 60 valence electrons. The minimum Gasteiger partial charge on any atom is -0.261 e. The average molecular weight is 165 g/mol. The summed E-state index contributed by atoms with van der Waals surface area (Å²) in [4.78, 5) is 0. The Morgan fingerprint density at radius 3 is 2.62 bits per heavy atom. The van der Waals surface area contributed by atoms with Gasteiger partial charge in [0.1, 0.15) is 5.69 Å². The van der Waals surface area contributed by atoms with Crippen LogP contribution in [0, 0.1) is 24.8 Å². The third-order valence-corrected chi connectivity index (χ3v) is 1.99. The molecule has 1 heteroatoms. The van der Waals surface area contributed by atoms with Crippen LogP contribution < -0.4 is 0 Å². The van der Waals surface area contributed by atoms with Gasteiger partial charge in [-0.15, -0.1) is 6.42 Å². The first kappa shape index (κ1) is 7.53. The van der Waals surface area contributed by atoms with E-state index in [-0.39, 0.29) is 0 Å². The van der Waals surface area contributed by atoms with E-state index in [0.29, 0.717) is 0 Å². The number of terminal acetylenes is 2. The van der Waals surface area contributed by atoms with E-state index in [1.807, 2.05) is 30.3 Å². The predicted molar refractivity (Wildman–Crippen MR) is 54.1 cm³/mol. The molecule has 2 aromatic rings. The zero-order chi connectivity index (χ0) is 9.26. The van der Waals surface area contributed by atoms with E-state index >= 15 is 0 Å². The molecule has 0 amide bonds. The van der Waals surface area contributed by atoms with Gasteiger partial charge in [-0.3, -0.25) is 4.57 Å². The average Bonchev–Trinajstić information content (AvgIpc) is 2.55. The monoisotopic (exact) mass is 165 g/mol. The van der Waals surface area contributed by atoms with Crippen molar-refractivity contribution in [3.63, 3.8) is 0 Å². The summed E-state index contributed by atoms with van der Waals surface area (Å²) in [5, 5.41) is 1.08. The van der Waals surface area contributed by atoms with Gasteiger partial charge in [-0.05, 0) is 12.1 Å². The van der Waals surface area contributed by atoms with Crippen molar-refractivity contribution in [1.82, 2.24) is 4.57 Å². The fourth-order valence-electron chi connectivity index (χ4n) is 1.40. The van der Waals surface area contributed by atoms with Gasteiger partial charge in [-0.25, -0.2) is 0 Å². The number of para-hydroxylation sites is 1. The van der Waals surface area contributed by atoms with Crippen LogP contribution in [0.2, 0.25) is 0 Å². The number of hydrogen-bond acceptors (Lipinski definition) is 0. The van der Waals surface area contributed by atoms with Crippen LogP contribution in [-0.2, 0) is 0 Å². The molecule has 0 saturated carbocycles. The van der Waals surface area contributed by atoms with Crippen LogP contribution in [0.4, 0.5) is 0 Å². The van der Waals surface area contributed by atoms with Crippen LogP contribution in [0.1, 0.15) is 5.69 Å². The minimum absolute atomic E-state index is 0.726. The maximum atomic E-state index is 5.35. The number of aromatic nitrogens is 1. The molecule has 1 heterocycles. The Bertz CT molecular complexity index is 532. The molecule has 0 aliphatic carbocycles. The lowest BCUT2D eigenvalue weighted by atomic mass is 10.2. The first-order valence-electron chi connectivity index (χ1n) is 3.90. The molecular formula is C12H7N. The molecule has 0 fully saturated rings. The second-order valence-electron chi connectivity index (χ2n) is 2.70. The molecule has 13 heavy (non-hydrogen) atoms. The predicted octanol–water partition coefficient (Wildman–Crippen LogP) is 2.06. The normalized spacial score (nSPS) is 9.38. The molecular weight excluding hydrogens is 158 g/mol. The molecule has 0 radical (unpaired) electrons. The van der Waals surface area contributed by atoms with Crippen molar-refractivity contribution in [3.8, 4) is 24.8 Å². The topological polar surface area (TPSA) is 4.93 Å². The highest BCUT2D eigenvalue weighted by molar-refractivity contribution is 5.83. The van der Waals surface area contributed by atoms with Crippen molar-refractivity contribution in [2.75, 3.05) is 0 Å². The van der Waals surface area contributed by atoms with E-state index < -0.39 is 0 Å². The number of fused-ring (bicyclic) bond motifs is 1. The van der Waals surface area contributed by atoms with Gasteiger partial charge in [-0.2, -0.15) is 0 Å². The Kier molecular flexibility index (Phi) is 1.58. The molecule has 1 nitrogen and oxygen atoms in total. The highest BCUT2D eigenvalue weighted by atomic mass is 14.9. The standard InChI is InChI=1S/C12H7N/c1-3-11-9-10-7-5-6-8-12(10)13(11)4-2/h1-2,5-9H. The molecule has 0 aliphatic heterocycles. The number of hydrogen-bond donors (Lipinski definition) is 0. The van der Waals surface area contributed by atoms with Gasteiger partial charge in [0.05, 0.1) is 5.52 Å². The van der Waals surface area contributed by atoms with Gasteiger partial charge < -0.3 is 0 Å². The summed E-state index contributed by atoms with van der Waals surface area (Å²) in [5.74, 6) is 2.56. The van der Waals surface area contributed by atoms with E-state index in [2.05, 4.69) is 12.0 Å². The Hall–Kier alpha value is -2.12. The quantitative estimate of drug-likeness (QED) is 0.526. The molecule has 1 aromatic heterocycles. The second-order valence-corrected chi connectivity index (χ2v) is 2.70. The fraction of sp³-hybridized carbons (Fsp3) is 0. The van der Waals surface area contributed by atoms with Gasteiger partial charge in [0.25, 0.3) is 0 Å². The fourth-order valence-corrected chi connectivity index (χ4v) is 1.40. The van der Waals surface area contributed by atoms with E-state index in [1.165, 1.54) is 0 Å². The lowest BCUT2D eigenvalue weighted by molar-refractivity contribution is 1.17. The van der Waals surface area contributed by atoms with Gasteiger partial charge in [0, 0.05) is 11.4 Å². The van der Waals surface area contributed by atoms with E-state index in [9.17, 15) is 0 Å². The molecule has 0 aliphatic rings. The summed E-state index contributed by atoms with van der Waals surface area (Å²) in [6.07, 6.45) is 10.7. The minimum atomic E-state index is 0.726. The van der Waals surface area contributed by atoms with E-state index in [1.54, 1.807) is 4.57 Å². The molecule has 0 atom stereocenters. The Labute approximate surface area is 77.0 Å². The molecule has 0 unspecified atom stereocenters. The lowest BCUT2D eigenvalue weighted by Crippen LogP contribution is -1.89. The SMILES string of the molecule is C#Cc1cc2ccccc2n1C#C. The second kappa shape index (κ2) is 2.73. The summed E-state index contributed by atoms with van der Waals surface area (Å²) >= 11 is 0. The molecule has 0 saturated heterocycles. The van der Waals surface area contributed by atoms with Crippen molar-refractivity contribution < 1.29 is 0 Å². The van der Waals surface area contributed by atoms with Crippen molar-refractivity contribution in [2.24, 2.45) is 0 Å². The Morgan fingerprint density at radius 1 is 1.15 bits per heavy atom. The molecule has 0 bridgehead atoms. The van der Waals surface area contributed by atoms with Crippen LogP contribution in [0.5, 0.6) is 0 Å². The van der Waals surface area contributed by atoms with Gasteiger partial charge in [-0.1, -0.05) is 30.5 Å². The van der Waals surface area contributed by atoms with Crippen molar-refractivity contribution in [1.29, 1.82) is 0 Å². The van der Waals surface area contributed by atoms with E-state index in [4.69, 9.17) is 12.8 Å². The van der Waals surface area contributed by atoms with Crippen LogP contribution in [0.15, 0.2) is 30.3 Å². The molecule has 1 aromatic carbocycles. The van der Waals surface area contributed by atoms with Crippen LogP contribution in [0.3, 0.4) is 0 Å². The van der Waals surface area contributed by atoms with E-state index in [0.717, 1.165) is 16.6 Å². The zero-order valence-electron chi connectivity index (χ0n) is 6.99. The summed E-state index contributed by atoms with van der Waals surface area (Å²) in [6.45, 7) is 0. The van der Waals surface area contributed by atoms with Crippen molar-refractivity contribution >= 4 is 10.9 Å². The zero-order valence-corrected chi connectivity index (χ0v) is 6.99. The largest absolute Gasteiger partial charge is 0.261 e. The highest BCUT2D eigenvalue weighted by Gasteiger charge is 2.02. The maximum Gasteiger partial charge on any atom is 0.105 e. The van der Waals surface area contributed by atoms with Gasteiger partial charge in [0.2, 0.25) is 0 Å². The Balaban J connectivity index is 2.93. The number of benzene rings is 1. The van der Waals surface area contributed by atoms with Crippen LogP contribution in [-0.4, -0.2) is 4.57 Å². The first-order valence-corrected chi connectivity index (χ1v) is 3.90. The summed E-state index contributed by atoms with van der Waals surface area (Å²) < 4.78 is 1.68. The van der Waals surface area contributed by atoms with Gasteiger partial charge in [0.15, 0.2) is 0 Å². The molecule has 0 N–H and O–H groups in total. The first-order chi connectivity index (χ1) is 6.36. The number of nitrogens with zero attached hydrogens (tertiary/aromatic N) is 1. The number of rotatable bonds is 0. The van der Waals surface area contributed by atoms with Gasteiger partial charge >= 0.3 is 0 Å². The van der Waals surface area contributed by atoms with Crippen LogP contribution in [0.25, 0.3) is 10.9 Å². The van der Waals surface area contributed by atoms with Crippen molar-refractivity contribution in [2.45, 2.75) is 0 Å². The third kappa shape index (κ3) is 0.991. The van der Waals surface area contributed by atoms with Crippen LogP contribution >= 0.6 is 0 Å². The summed E-state index contributed by atoms with van der Waals surface area (Å²) in [7, 11) is 0. The highest BCUT2D eigenvalue weighted by Crippen LogP contribution is 2.17.